The monoisotopic (exact) mass is 352 g/mol. The Morgan fingerprint density at radius 3 is 2.50 bits per heavy atom. The summed E-state index contributed by atoms with van der Waals surface area (Å²) in [4.78, 5) is 27.3. The lowest BCUT2D eigenvalue weighted by Gasteiger charge is -2.35. The third-order valence-electron chi connectivity index (χ3n) is 4.42. The summed E-state index contributed by atoms with van der Waals surface area (Å²) in [5, 5.41) is 3.54. The van der Waals surface area contributed by atoms with E-state index in [-0.39, 0.29) is 17.7 Å². The number of rotatable bonds is 5. The molecule has 2 N–H and O–H groups in total. The minimum absolute atomic E-state index is 0.0296. The van der Waals surface area contributed by atoms with Gasteiger partial charge in [-0.3, -0.25) is 9.59 Å². The van der Waals surface area contributed by atoms with Gasteiger partial charge >= 0.3 is 0 Å². The van der Waals surface area contributed by atoms with Gasteiger partial charge in [-0.2, -0.15) is 0 Å². The molecule has 0 spiro atoms. The van der Waals surface area contributed by atoms with Crippen LogP contribution in [0, 0.1) is 5.92 Å². The van der Waals surface area contributed by atoms with Crippen molar-refractivity contribution in [1.29, 1.82) is 0 Å². The number of nitrogens with zero attached hydrogens (tertiary/aromatic N) is 1. The summed E-state index contributed by atoms with van der Waals surface area (Å²) in [6.07, 6.45) is 0. The molecule has 0 aliphatic carbocycles. The normalized spacial score (nSPS) is 17.0. The fraction of sp³-hybridized carbons (Fsp3) is 0.556. The van der Waals surface area contributed by atoms with E-state index in [1.54, 1.807) is 0 Å². The molecule has 1 heterocycles. The van der Waals surface area contributed by atoms with Crippen molar-refractivity contribution in [2.24, 2.45) is 5.92 Å². The molecule has 24 heavy (non-hydrogen) atoms. The first-order valence-corrected chi connectivity index (χ1v) is 8.88. The predicted molar refractivity (Wildman–Crippen MR) is 94.9 cm³/mol. The average molecular weight is 353 g/mol. The summed E-state index contributed by atoms with van der Waals surface area (Å²) in [7, 11) is 0. The summed E-state index contributed by atoms with van der Waals surface area (Å²) in [6.45, 7) is 9.54. The Morgan fingerprint density at radius 1 is 1.29 bits per heavy atom. The van der Waals surface area contributed by atoms with Crippen LogP contribution in [0.25, 0.3) is 0 Å². The van der Waals surface area contributed by atoms with E-state index < -0.39 is 6.04 Å². The van der Waals surface area contributed by atoms with E-state index in [4.69, 9.17) is 11.6 Å². The van der Waals surface area contributed by atoms with E-state index in [0.717, 1.165) is 37.7 Å². The van der Waals surface area contributed by atoms with Gasteiger partial charge in [0.25, 0.3) is 0 Å². The molecule has 2 amide bonds. The van der Waals surface area contributed by atoms with Gasteiger partial charge in [-0.15, -0.1) is 0 Å². The second-order valence-corrected chi connectivity index (χ2v) is 7.24. The Morgan fingerprint density at radius 2 is 1.96 bits per heavy atom. The van der Waals surface area contributed by atoms with Gasteiger partial charge in [-0.25, -0.2) is 0 Å². The van der Waals surface area contributed by atoms with Crippen molar-refractivity contribution >= 4 is 23.4 Å². The van der Waals surface area contributed by atoms with Gasteiger partial charge in [-0.05, 0) is 18.1 Å². The Balaban J connectivity index is 1.89. The number of nitrogens with one attached hydrogen (secondary N) is 2. The van der Waals surface area contributed by atoms with E-state index in [2.05, 4.69) is 11.4 Å². The number of benzene rings is 1. The van der Waals surface area contributed by atoms with E-state index in [0.29, 0.717) is 0 Å². The van der Waals surface area contributed by atoms with Crippen LogP contribution in [0.4, 0.5) is 0 Å². The highest BCUT2D eigenvalue weighted by Gasteiger charge is 2.31. The minimum Gasteiger partial charge on any atom is -0.344 e. The Kier molecular flexibility index (Phi) is 6.63. The maximum absolute atomic E-state index is 12.7. The lowest BCUT2D eigenvalue weighted by Crippen LogP contribution is -3.13. The van der Waals surface area contributed by atoms with Gasteiger partial charge in [-0.1, -0.05) is 37.6 Å². The Labute approximate surface area is 149 Å². The second kappa shape index (κ2) is 8.49. The number of carbonyl (C=O) groups excluding carboxylic acids is 2. The van der Waals surface area contributed by atoms with Crippen LogP contribution in [0.5, 0.6) is 0 Å². The summed E-state index contributed by atoms with van der Waals surface area (Å²) in [6, 6.07) is 7.50. The van der Waals surface area contributed by atoms with Crippen LogP contribution < -0.4 is 10.2 Å². The number of hydrogen-bond donors (Lipinski definition) is 2. The van der Waals surface area contributed by atoms with Crippen molar-refractivity contribution in [3.63, 3.8) is 0 Å². The summed E-state index contributed by atoms with van der Waals surface area (Å²) >= 11 is 6.04. The van der Waals surface area contributed by atoms with Crippen LogP contribution in [0.15, 0.2) is 24.3 Å². The third kappa shape index (κ3) is 5.21. The highest BCUT2D eigenvalue weighted by Crippen LogP contribution is 2.10. The smallest absolute Gasteiger partial charge is 0.245 e. The lowest BCUT2D eigenvalue weighted by atomic mass is 10.0. The van der Waals surface area contributed by atoms with Crippen molar-refractivity contribution in [1.82, 2.24) is 10.2 Å². The largest absolute Gasteiger partial charge is 0.344 e. The van der Waals surface area contributed by atoms with Crippen molar-refractivity contribution in [2.45, 2.75) is 33.4 Å². The topological polar surface area (TPSA) is 53.9 Å². The molecule has 1 atom stereocenters. The lowest BCUT2D eigenvalue weighted by molar-refractivity contribution is -0.917. The van der Waals surface area contributed by atoms with E-state index in [1.165, 1.54) is 17.4 Å². The van der Waals surface area contributed by atoms with Crippen molar-refractivity contribution < 1.29 is 14.5 Å². The van der Waals surface area contributed by atoms with Gasteiger partial charge in [0.2, 0.25) is 11.8 Å². The molecule has 6 heteroatoms. The standard InChI is InChI=1S/C18H26ClN3O2/c1-13(2)17(20-14(3)23)18(24)22-9-7-21(8-10-22)12-15-5-4-6-16(19)11-15/h4-6,11,13,17H,7-10,12H2,1-3H3,(H,20,23)/p+1/t17-/m0/s1. The fourth-order valence-electron chi connectivity index (χ4n) is 3.08. The molecule has 1 fully saturated rings. The van der Waals surface area contributed by atoms with Crippen molar-refractivity contribution in [3.8, 4) is 0 Å². The Hall–Kier alpha value is -1.59. The minimum atomic E-state index is -0.433. The number of amides is 2. The van der Waals surface area contributed by atoms with Crippen LogP contribution in [0.3, 0.4) is 0 Å². The maximum Gasteiger partial charge on any atom is 0.245 e. The molecular formula is C18H27ClN3O2+. The first-order chi connectivity index (χ1) is 11.4. The molecule has 5 nitrogen and oxygen atoms in total. The van der Waals surface area contributed by atoms with Crippen LogP contribution >= 0.6 is 11.6 Å². The summed E-state index contributed by atoms with van der Waals surface area (Å²) in [5.74, 6) is -0.0486. The zero-order chi connectivity index (χ0) is 17.7. The maximum atomic E-state index is 12.7. The number of halogens is 1. The van der Waals surface area contributed by atoms with Gasteiger partial charge < -0.3 is 15.1 Å². The number of piperazine rings is 1. The highest BCUT2D eigenvalue weighted by molar-refractivity contribution is 6.30. The van der Waals surface area contributed by atoms with Gasteiger partial charge in [0.1, 0.15) is 12.6 Å². The molecule has 1 aliphatic heterocycles. The molecule has 2 rings (SSSR count). The molecule has 0 saturated carbocycles. The predicted octanol–water partition coefficient (Wildman–Crippen LogP) is 0.728. The molecular weight excluding hydrogens is 326 g/mol. The molecule has 132 valence electrons. The molecule has 0 bridgehead atoms. The Bertz CT molecular complexity index is 583. The van der Waals surface area contributed by atoms with Crippen molar-refractivity contribution in [2.75, 3.05) is 26.2 Å². The molecule has 1 saturated heterocycles. The molecule has 1 aliphatic rings. The summed E-state index contributed by atoms with van der Waals surface area (Å²) in [5.41, 5.74) is 1.22. The van der Waals surface area contributed by atoms with Crippen LogP contribution in [0.1, 0.15) is 26.3 Å². The first kappa shape index (κ1) is 18.7. The van der Waals surface area contributed by atoms with Gasteiger partial charge in [0.05, 0.1) is 26.2 Å². The molecule has 0 radical (unpaired) electrons. The zero-order valence-corrected chi connectivity index (χ0v) is 15.4. The zero-order valence-electron chi connectivity index (χ0n) is 14.6. The fourth-order valence-corrected chi connectivity index (χ4v) is 3.30. The summed E-state index contributed by atoms with van der Waals surface area (Å²) < 4.78 is 0. The number of hydrogen-bond acceptors (Lipinski definition) is 2. The molecule has 0 aromatic heterocycles. The number of carbonyl (C=O) groups is 2. The van der Waals surface area contributed by atoms with Gasteiger partial charge in [0, 0.05) is 17.5 Å². The van der Waals surface area contributed by atoms with Crippen molar-refractivity contribution in [3.05, 3.63) is 34.9 Å². The quantitative estimate of drug-likeness (QED) is 0.820. The van der Waals surface area contributed by atoms with Crippen LogP contribution in [0.2, 0.25) is 5.02 Å². The molecule has 0 unspecified atom stereocenters. The second-order valence-electron chi connectivity index (χ2n) is 6.80. The van der Waals surface area contributed by atoms with E-state index in [9.17, 15) is 9.59 Å². The first-order valence-electron chi connectivity index (χ1n) is 8.50. The third-order valence-corrected chi connectivity index (χ3v) is 4.65. The van der Waals surface area contributed by atoms with E-state index in [1.807, 2.05) is 36.9 Å². The SMILES string of the molecule is CC(=O)N[C@H](C(=O)N1CC[NH+](Cc2cccc(Cl)c2)CC1)C(C)C. The molecule has 1 aromatic carbocycles. The van der Waals surface area contributed by atoms with E-state index >= 15 is 0 Å². The highest BCUT2D eigenvalue weighted by atomic mass is 35.5. The molecule has 1 aromatic rings. The van der Waals surface area contributed by atoms with Crippen LogP contribution in [-0.4, -0.2) is 48.9 Å². The average Bonchev–Trinajstić information content (AvgIpc) is 2.52. The number of quaternary nitrogens is 1. The van der Waals surface area contributed by atoms with Gasteiger partial charge in [0.15, 0.2) is 0 Å². The van der Waals surface area contributed by atoms with Crippen LogP contribution in [-0.2, 0) is 16.1 Å².